The van der Waals surface area contributed by atoms with Crippen molar-refractivity contribution in [2.45, 2.75) is 45.9 Å². The van der Waals surface area contributed by atoms with E-state index in [1.165, 1.54) is 11.8 Å². The molecule has 1 rings (SSSR count). The van der Waals surface area contributed by atoms with E-state index in [0.717, 1.165) is 12.8 Å². The fourth-order valence-electron chi connectivity index (χ4n) is 1.81. The fraction of sp³-hybridized carbons (Fsp3) is 0.667. The number of amides is 1. The molecule has 2 N–H and O–H groups in total. The average molecular weight is 284 g/mol. The second kappa shape index (κ2) is 7.59. The molecular weight excluding hydrogens is 264 g/mol. The molecule has 0 atom stereocenters. The summed E-state index contributed by atoms with van der Waals surface area (Å²) in [6.45, 7) is 3.94. The summed E-state index contributed by atoms with van der Waals surface area (Å²) in [6.07, 6.45) is 1.68. The van der Waals surface area contributed by atoms with Crippen molar-refractivity contribution in [2.24, 2.45) is 0 Å². The molecule has 112 valence electrons. The van der Waals surface area contributed by atoms with Crippen molar-refractivity contribution in [3.8, 4) is 0 Å². The molecule has 8 nitrogen and oxygen atoms in total. The molecule has 0 aliphatic rings. The van der Waals surface area contributed by atoms with E-state index in [4.69, 9.17) is 9.84 Å². The zero-order valence-electron chi connectivity index (χ0n) is 11.9. The van der Waals surface area contributed by atoms with Crippen molar-refractivity contribution in [1.29, 1.82) is 0 Å². The molecule has 0 aliphatic carbocycles. The molecule has 0 spiro atoms. The molecule has 0 bridgehead atoms. The highest BCUT2D eigenvalue weighted by atomic mass is 16.5. The van der Waals surface area contributed by atoms with Crippen molar-refractivity contribution in [3.05, 3.63) is 11.4 Å². The fourth-order valence-corrected chi connectivity index (χ4v) is 1.81. The number of carboxylic acids is 1. The second-order valence-electron chi connectivity index (χ2n) is 4.36. The molecule has 0 saturated heterocycles. The van der Waals surface area contributed by atoms with Gasteiger partial charge in [0.1, 0.15) is 6.54 Å². The van der Waals surface area contributed by atoms with Gasteiger partial charge in [0.25, 0.3) is 0 Å². The lowest BCUT2D eigenvalue weighted by molar-refractivity contribution is -0.122. The number of carbonyl (C=O) groups is 2. The predicted molar refractivity (Wildman–Crippen MR) is 70.2 cm³/mol. The van der Waals surface area contributed by atoms with Gasteiger partial charge in [-0.2, -0.15) is 0 Å². The van der Waals surface area contributed by atoms with Crippen LogP contribution in [0.2, 0.25) is 0 Å². The highest BCUT2D eigenvalue weighted by Gasteiger charge is 2.20. The number of rotatable bonds is 8. The van der Waals surface area contributed by atoms with E-state index < -0.39 is 5.97 Å². The maximum absolute atomic E-state index is 11.9. The number of carboxylic acid groups (broad SMARTS) is 1. The summed E-state index contributed by atoms with van der Waals surface area (Å²) < 4.78 is 6.18. The Bertz CT molecular complexity index is 468. The monoisotopic (exact) mass is 284 g/mol. The largest absolute Gasteiger partial charge is 0.476 e. The highest BCUT2D eigenvalue weighted by molar-refractivity contribution is 5.86. The lowest BCUT2D eigenvalue weighted by Crippen LogP contribution is -2.36. The van der Waals surface area contributed by atoms with Gasteiger partial charge in [0.15, 0.2) is 5.69 Å². The Morgan fingerprint density at radius 3 is 2.55 bits per heavy atom. The summed E-state index contributed by atoms with van der Waals surface area (Å²) in [4.78, 5) is 22.9. The molecule has 1 aromatic heterocycles. The van der Waals surface area contributed by atoms with E-state index in [0.29, 0.717) is 0 Å². The normalized spacial score (nSPS) is 10.8. The van der Waals surface area contributed by atoms with Crippen LogP contribution in [0.15, 0.2) is 0 Å². The minimum absolute atomic E-state index is 0.0346. The molecule has 0 saturated carbocycles. The number of aromatic carboxylic acids is 1. The number of nitrogens with zero attached hydrogens (tertiary/aromatic N) is 3. The van der Waals surface area contributed by atoms with Crippen LogP contribution in [0.25, 0.3) is 0 Å². The number of methoxy groups -OCH3 is 1. The molecule has 0 radical (unpaired) electrons. The molecular formula is C12H20N4O4. The highest BCUT2D eigenvalue weighted by Crippen LogP contribution is 2.07. The first-order valence-electron chi connectivity index (χ1n) is 6.47. The SMILES string of the molecule is CCC(CC)NC(=O)Cn1nnc(C(=O)O)c1COC. The Morgan fingerprint density at radius 1 is 1.40 bits per heavy atom. The number of ether oxygens (including phenoxy) is 1. The zero-order valence-corrected chi connectivity index (χ0v) is 11.9. The third-order valence-electron chi connectivity index (χ3n) is 2.97. The van der Waals surface area contributed by atoms with E-state index >= 15 is 0 Å². The van der Waals surface area contributed by atoms with Crippen LogP contribution in [0.3, 0.4) is 0 Å². The summed E-state index contributed by atoms with van der Waals surface area (Å²) in [5.74, 6) is -1.42. The Kier molecular flexibility index (Phi) is 6.10. The van der Waals surface area contributed by atoms with Crippen LogP contribution in [0.5, 0.6) is 0 Å². The topological polar surface area (TPSA) is 106 Å². The van der Waals surface area contributed by atoms with E-state index in [1.807, 2.05) is 13.8 Å². The average Bonchev–Trinajstić information content (AvgIpc) is 2.79. The smallest absolute Gasteiger partial charge is 0.358 e. The summed E-state index contributed by atoms with van der Waals surface area (Å²) in [6, 6.07) is 0.107. The minimum Gasteiger partial charge on any atom is -0.476 e. The van der Waals surface area contributed by atoms with E-state index in [1.54, 1.807) is 0 Å². The number of carbonyl (C=O) groups excluding carboxylic acids is 1. The molecule has 8 heteroatoms. The quantitative estimate of drug-likeness (QED) is 0.717. The van der Waals surface area contributed by atoms with Gasteiger partial charge in [0.05, 0.1) is 12.3 Å². The van der Waals surface area contributed by atoms with Crippen molar-refractivity contribution >= 4 is 11.9 Å². The lowest BCUT2D eigenvalue weighted by Gasteiger charge is -2.15. The molecule has 0 unspecified atom stereocenters. The lowest BCUT2D eigenvalue weighted by atomic mass is 10.2. The first-order chi connectivity index (χ1) is 9.53. The Labute approximate surface area is 117 Å². The van der Waals surface area contributed by atoms with Crippen LogP contribution >= 0.6 is 0 Å². The molecule has 20 heavy (non-hydrogen) atoms. The van der Waals surface area contributed by atoms with Gasteiger partial charge < -0.3 is 15.2 Å². The number of nitrogens with one attached hydrogen (secondary N) is 1. The van der Waals surface area contributed by atoms with E-state index in [2.05, 4.69) is 15.6 Å². The molecule has 1 amide bonds. The molecule has 1 aromatic rings. The van der Waals surface area contributed by atoms with Crippen LogP contribution in [0, 0.1) is 0 Å². The first-order valence-corrected chi connectivity index (χ1v) is 6.47. The Hall–Kier alpha value is -1.96. The van der Waals surface area contributed by atoms with Crippen LogP contribution < -0.4 is 5.32 Å². The van der Waals surface area contributed by atoms with Crippen LogP contribution in [0.4, 0.5) is 0 Å². The van der Waals surface area contributed by atoms with Gasteiger partial charge in [0.2, 0.25) is 5.91 Å². The number of hydrogen-bond acceptors (Lipinski definition) is 5. The number of hydrogen-bond donors (Lipinski definition) is 2. The maximum atomic E-state index is 11.9. The van der Waals surface area contributed by atoms with Crippen molar-refractivity contribution in [3.63, 3.8) is 0 Å². The molecule has 0 aliphatic heterocycles. The van der Waals surface area contributed by atoms with Gasteiger partial charge in [-0.15, -0.1) is 5.10 Å². The summed E-state index contributed by atoms with van der Waals surface area (Å²) in [5, 5.41) is 19.1. The van der Waals surface area contributed by atoms with Crippen molar-refractivity contribution < 1.29 is 19.4 Å². The van der Waals surface area contributed by atoms with Gasteiger partial charge in [-0.1, -0.05) is 19.1 Å². The minimum atomic E-state index is -1.19. The number of aromatic nitrogens is 3. The Balaban J connectivity index is 2.81. The summed E-state index contributed by atoms with van der Waals surface area (Å²) in [7, 11) is 1.44. The zero-order chi connectivity index (χ0) is 15.1. The second-order valence-corrected chi connectivity index (χ2v) is 4.36. The Morgan fingerprint density at radius 2 is 2.05 bits per heavy atom. The third kappa shape index (κ3) is 4.02. The van der Waals surface area contributed by atoms with Crippen LogP contribution in [-0.4, -0.2) is 45.1 Å². The summed E-state index contributed by atoms with van der Waals surface area (Å²) >= 11 is 0. The van der Waals surface area contributed by atoms with Gasteiger partial charge >= 0.3 is 5.97 Å². The van der Waals surface area contributed by atoms with Crippen molar-refractivity contribution in [2.75, 3.05) is 7.11 Å². The van der Waals surface area contributed by atoms with Gasteiger partial charge in [-0.25, -0.2) is 9.48 Å². The maximum Gasteiger partial charge on any atom is 0.358 e. The predicted octanol–water partition coefficient (Wildman–Crippen LogP) is 0.428. The van der Waals surface area contributed by atoms with Crippen molar-refractivity contribution in [1.82, 2.24) is 20.3 Å². The molecule has 0 fully saturated rings. The standard InChI is InChI=1S/C12H20N4O4/c1-4-8(5-2)13-10(17)6-16-9(7-20-3)11(12(18)19)14-15-16/h8H,4-7H2,1-3H3,(H,13,17)(H,18,19). The van der Waals surface area contributed by atoms with Crippen LogP contribution in [-0.2, 0) is 22.7 Å². The third-order valence-corrected chi connectivity index (χ3v) is 2.97. The molecule has 1 heterocycles. The molecule has 0 aromatic carbocycles. The summed E-state index contributed by atoms with van der Waals surface area (Å²) in [5.41, 5.74) is 0.0851. The van der Waals surface area contributed by atoms with Gasteiger partial charge in [-0.05, 0) is 12.8 Å². The van der Waals surface area contributed by atoms with Gasteiger partial charge in [0, 0.05) is 13.2 Å². The first kappa shape index (κ1) is 16.1. The van der Waals surface area contributed by atoms with E-state index in [-0.39, 0.29) is 36.5 Å². The van der Waals surface area contributed by atoms with Gasteiger partial charge in [-0.3, -0.25) is 4.79 Å². The van der Waals surface area contributed by atoms with E-state index in [9.17, 15) is 9.59 Å². The van der Waals surface area contributed by atoms with Crippen LogP contribution in [0.1, 0.15) is 42.9 Å².